The minimum atomic E-state index is 0.628. The van der Waals surface area contributed by atoms with Gasteiger partial charge in [-0.1, -0.05) is 6.07 Å². The van der Waals surface area contributed by atoms with Gasteiger partial charge >= 0.3 is 0 Å². The largest absolute Gasteiger partial charge is 0.314 e. The van der Waals surface area contributed by atoms with Gasteiger partial charge in [0.15, 0.2) is 0 Å². The molecule has 18 heavy (non-hydrogen) atoms. The van der Waals surface area contributed by atoms with Crippen molar-refractivity contribution in [2.75, 3.05) is 11.9 Å². The summed E-state index contributed by atoms with van der Waals surface area (Å²) in [7, 11) is 1.89. The number of aromatic nitrogens is 2. The number of nitrogens with zero attached hydrogens (tertiary/aromatic N) is 4. The van der Waals surface area contributed by atoms with E-state index in [0.717, 1.165) is 17.1 Å². The van der Waals surface area contributed by atoms with Crippen LogP contribution in [0.25, 0.3) is 0 Å². The number of anilines is 2. The second-order valence-electron chi connectivity index (χ2n) is 4.17. The fraction of sp³-hybridized carbons (Fsp3) is 0.214. The molecule has 1 aromatic carbocycles. The number of hydrogen-bond acceptors (Lipinski definition) is 4. The highest BCUT2D eigenvalue weighted by Crippen LogP contribution is 2.21. The van der Waals surface area contributed by atoms with Crippen LogP contribution in [-0.2, 0) is 0 Å². The smallest absolute Gasteiger partial charge is 0.230 e. The van der Waals surface area contributed by atoms with Crippen LogP contribution < -0.4 is 4.90 Å². The van der Waals surface area contributed by atoms with E-state index in [2.05, 4.69) is 16.0 Å². The molecule has 0 amide bonds. The molecule has 0 aliphatic heterocycles. The molecule has 0 atom stereocenters. The maximum atomic E-state index is 8.90. The van der Waals surface area contributed by atoms with Crippen molar-refractivity contribution in [1.82, 2.24) is 9.97 Å². The van der Waals surface area contributed by atoms with Gasteiger partial charge in [0.05, 0.1) is 11.6 Å². The predicted octanol–water partition coefficient (Wildman–Crippen LogP) is 2.73. The molecule has 2 aromatic rings. The third-order valence-electron chi connectivity index (χ3n) is 2.63. The number of benzene rings is 1. The molecule has 4 nitrogen and oxygen atoms in total. The van der Waals surface area contributed by atoms with Crippen LogP contribution in [0.5, 0.6) is 0 Å². The van der Waals surface area contributed by atoms with E-state index in [1.807, 2.05) is 50.1 Å². The Hall–Kier alpha value is -2.41. The monoisotopic (exact) mass is 238 g/mol. The highest BCUT2D eigenvalue weighted by Gasteiger charge is 2.08. The molecule has 0 aliphatic carbocycles. The van der Waals surface area contributed by atoms with Gasteiger partial charge in [0, 0.05) is 24.1 Å². The van der Waals surface area contributed by atoms with E-state index < -0.39 is 0 Å². The summed E-state index contributed by atoms with van der Waals surface area (Å²) in [5.74, 6) is 0.641. The summed E-state index contributed by atoms with van der Waals surface area (Å²) in [4.78, 5) is 10.7. The Balaban J connectivity index is 2.41. The molecule has 0 spiro atoms. The van der Waals surface area contributed by atoms with Gasteiger partial charge < -0.3 is 4.90 Å². The lowest BCUT2D eigenvalue weighted by Crippen LogP contribution is -2.14. The first-order chi connectivity index (χ1) is 8.60. The third-order valence-corrected chi connectivity index (χ3v) is 2.63. The maximum absolute atomic E-state index is 8.90. The van der Waals surface area contributed by atoms with Gasteiger partial charge in [0.1, 0.15) is 0 Å². The highest BCUT2D eigenvalue weighted by atomic mass is 15.2. The first-order valence-electron chi connectivity index (χ1n) is 5.66. The topological polar surface area (TPSA) is 52.8 Å². The molecular weight excluding hydrogens is 224 g/mol. The normalized spacial score (nSPS) is 9.89. The van der Waals surface area contributed by atoms with Gasteiger partial charge in [-0.15, -0.1) is 0 Å². The van der Waals surface area contributed by atoms with Crippen LogP contribution in [0, 0.1) is 25.2 Å². The molecule has 0 bridgehead atoms. The van der Waals surface area contributed by atoms with E-state index in [0.29, 0.717) is 11.5 Å². The van der Waals surface area contributed by atoms with Crippen molar-refractivity contribution in [2.24, 2.45) is 0 Å². The Bertz CT molecular complexity index is 593. The van der Waals surface area contributed by atoms with E-state index >= 15 is 0 Å². The first-order valence-corrected chi connectivity index (χ1v) is 5.66. The zero-order valence-electron chi connectivity index (χ0n) is 10.7. The van der Waals surface area contributed by atoms with Gasteiger partial charge in [-0.05, 0) is 38.1 Å². The van der Waals surface area contributed by atoms with Crippen LogP contribution in [0.15, 0.2) is 30.3 Å². The average molecular weight is 238 g/mol. The molecule has 0 N–H and O–H groups in total. The van der Waals surface area contributed by atoms with Crippen molar-refractivity contribution >= 4 is 11.6 Å². The van der Waals surface area contributed by atoms with Gasteiger partial charge in [-0.2, -0.15) is 5.26 Å². The second kappa shape index (κ2) is 4.84. The van der Waals surface area contributed by atoms with Crippen LogP contribution in [0.3, 0.4) is 0 Å². The van der Waals surface area contributed by atoms with Crippen LogP contribution in [-0.4, -0.2) is 17.0 Å². The SMILES string of the molecule is Cc1cc(C)nc(N(C)c2cccc(C#N)c2)n1. The summed E-state index contributed by atoms with van der Waals surface area (Å²) in [6.07, 6.45) is 0. The van der Waals surface area contributed by atoms with E-state index in [9.17, 15) is 0 Å². The summed E-state index contributed by atoms with van der Waals surface area (Å²) >= 11 is 0. The zero-order chi connectivity index (χ0) is 13.1. The molecule has 1 aromatic heterocycles. The van der Waals surface area contributed by atoms with Crippen molar-refractivity contribution < 1.29 is 0 Å². The molecule has 0 radical (unpaired) electrons. The molecular formula is C14H14N4. The van der Waals surface area contributed by atoms with Crippen LogP contribution >= 0.6 is 0 Å². The van der Waals surface area contributed by atoms with Gasteiger partial charge in [-0.3, -0.25) is 0 Å². The van der Waals surface area contributed by atoms with E-state index in [4.69, 9.17) is 5.26 Å². The fourth-order valence-electron chi connectivity index (χ4n) is 1.76. The first kappa shape index (κ1) is 12.1. The number of hydrogen-bond donors (Lipinski definition) is 0. The van der Waals surface area contributed by atoms with E-state index in [1.54, 1.807) is 6.07 Å². The van der Waals surface area contributed by atoms with Crippen molar-refractivity contribution in [3.63, 3.8) is 0 Å². The van der Waals surface area contributed by atoms with Gasteiger partial charge in [-0.25, -0.2) is 9.97 Å². The molecule has 0 unspecified atom stereocenters. The third kappa shape index (κ3) is 2.46. The Morgan fingerprint density at radius 3 is 2.39 bits per heavy atom. The average Bonchev–Trinajstić information content (AvgIpc) is 2.37. The fourth-order valence-corrected chi connectivity index (χ4v) is 1.76. The highest BCUT2D eigenvalue weighted by molar-refractivity contribution is 5.58. The molecule has 0 fully saturated rings. The summed E-state index contributed by atoms with van der Waals surface area (Å²) in [5, 5.41) is 8.90. The molecule has 1 heterocycles. The van der Waals surface area contributed by atoms with Crippen LogP contribution in [0.2, 0.25) is 0 Å². The molecule has 4 heteroatoms. The number of rotatable bonds is 2. The van der Waals surface area contributed by atoms with Crippen LogP contribution in [0.4, 0.5) is 11.6 Å². The van der Waals surface area contributed by atoms with E-state index in [1.165, 1.54) is 0 Å². The Morgan fingerprint density at radius 1 is 1.11 bits per heavy atom. The number of aryl methyl sites for hydroxylation is 2. The van der Waals surface area contributed by atoms with Crippen LogP contribution in [0.1, 0.15) is 17.0 Å². The van der Waals surface area contributed by atoms with Crippen molar-refractivity contribution in [3.8, 4) is 6.07 Å². The maximum Gasteiger partial charge on any atom is 0.230 e. The molecule has 0 saturated carbocycles. The lowest BCUT2D eigenvalue weighted by Gasteiger charge is -2.18. The van der Waals surface area contributed by atoms with Crippen molar-refractivity contribution in [2.45, 2.75) is 13.8 Å². The van der Waals surface area contributed by atoms with Crippen molar-refractivity contribution in [3.05, 3.63) is 47.3 Å². The minimum absolute atomic E-state index is 0.628. The predicted molar refractivity (Wildman–Crippen MR) is 70.7 cm³/mol. The minimum Gasteiger partial charge on any atom is -0.314 e. The quantitative estimate of drug-likeness (QED) is 0.807. The lowest BCUT2D eigenvalue weighted by molar-refractivity contribution is 0.986. The van der Waals surface area contributed by atoms with Gasteiger partial charge in [0.25, 0.3) is 0 Å². The second-order valence-corrected chi connectivity index (χ2v) is 4.17. The molecule has 0 aliphatic rings. The summed E-state index contributed by atoms with van der Waals surface area (Å²) in [5.41, 5.74) is 3.39. The van der Waals surface area contributed by atoms with Gasteiger partial charge in [0.2, 0.25) is 5.95 Å². The lowest BCUT2D eigenvalue weighted by atomic mass is 10.2. The zero-order valence-corrected chi connectivity index (χ0v) is 10.7. The number of nitriles is 1. The Morgan fingerprint density at radius 2 is 1.78 bits per heavy atom. The summed E-state index contributed by atoms with van der Waals surface area (Å²) < 4.78 is 0. The molecule has 90 valence electrons. The Labute approximate surface area is 107 Å². The van der Waals surface area contributed by atoms with Crippen molar-refractivity contribution in [1.29, 1.82) is 5.26 Å². The van der Waals surface area contributed by atoms with E-state index in [-0.39, 0.29) is 0 Å². The standard InChI is InChI=1S/C14H14N4/c1-10-7-11(2)17-14(16-10)18(3)13-6-4-5-12(8-13)9-15/h4-8H,1-3H3. The molecule has 0 saturated heterocycles. The molecule has 2 rings (SSSR count). The summed E-state index contributed by atoms with van der Waals surface area (Å²) in [6.45, 7) is 3.88. The summed E-state index contributed by atoms with van der Waals surface area (Å²) in [6, 6.07) is 11.4. The Kier molecular flexibility index (Phi) is 3.24.